The second-order valence-corrected chi connectivity index (χ2v) is 5.66. The highest BCUT2D eigenvalue weighted by Gasteiger charge is 2.36. The number of fused-ring (bicyclic) bond motifs is 1. The second kappa shape index (κ2) is 6.50. The first-order valence-electron chi connectivity index (χ1n) is 7.80. The largest absolute Gasteiger partial charge is 0.374 e. The van der Waals surface area contributed by atoms with Gasteiger partial charge in [-0.05, 0) is 44.4 Å². The number of ether oxygens (including phenoxy) is 1. The van der Waals surface area contributed by atoms with Crippen molar-refractivity contribution < 1.29 is 4.74 Å². The molecule has 1 aromatic rings. The third-order valence-electron chi connectivity index (χ3n) is 4.21. The fourth-order valence-corrected chi connectivity index (χ4v) is 3.20. The molecule has 0 spiro atoms. The van der Waals surface area contributed by atoms with Crippen LogP contribution in [0.1, 0.15) is 38.3 Å². The van der Waals surface area contributed by atoms with Crippen molar-refractivity contribution in [3.05, 3.63) is 17.8 Å². The summed E-state index contributed by atoms with van der Waals surface area (Å²) in [5.41, 5.74) is 1.01. The Balaban J connectivity index is 1.64. The number of rotatable bonds is 5. The van der Waals surface area contributed by atoms with Crippen LogP contribution >= 0.6 is 0 Å². The molecule has 20 heavy (non-hydrogen) atoms. The molecule has 0 amide bonds. The van der Waals surface area contributed by atoms with Crippen LogP contribution in [-0.2, 0) is 11.3 Å². The SMILES string of the molecule is CCCNCc1ccc(N2CCOC3CCCC32)nn1. The molecule has 2 fully saturated rings. The molecule has 0 aromatic carbocycles. The van der Waals surface area contributed by atoms with Crippen molar-refractivity contribution in [2.75, 3.05) is 24.6 Å². The van der Waals surface area contributed by atoms with E-state index in [1.54, 1.807) is 0 Å². The van der Waals surface area contributed by atoms with Gasteiger partial charge in [0.25, 0.3) is 0 Å². The molecule has 3 rings (SSSR count). The van der Waals surface area contributed by atoms with E-state index >= 15 is 0 Å². The molecule has 1 saturated heterocycles. The van der Waals surface area contributed by atoms with E-state index in [1.807, 2.05) is 0 Å². The van der Waals surface area contributed by atoms with Crippen molar-refractivity contribution in [3.63, 3.8) is 0 Å². The first kappa shape index (κ1) is 13.8. The lowest BCUT2D eigenvalue weighted by Crippen LogP contribution is -2.49. The summed E-state index contributed by atoms with van der Waals surface area (Å²) in [6.45, 7) is 5.73. The zero-order valence-corrected chi connectivity index (χ0v) is 12.2. The van der Waals surface area contributed by atoms with E-state index in [-0.39, 0.29) is 0 Å². The topological polar surface area (TPSA) is 50.3 Å². The van der Waals surface area contributed by atoms with Crippen LogP contribution in [0, 0.1) is 0 Å². The van der Waals surface area contributed by atoms with E-state index in [0.29, 0.717) is 12.1 Å². The second-order valence-electron chi connectivity index (χ2n) is 5.66. The smallest absolute Gasteiger partial charge is 0.151 e. The van der Waals surface area contributed by atoms with Gasteiger partial charge in [0.2, 0.25) is 0 Å². The van der Waals surface area contributed by atoms with Crippen LogP contribution in [0.3, 0.4) is 0 Å². The van der Waals surface area contributed by atoms with Gasteiger partial charge in [-0.2, -0.15) is 5.10 Å². The van der Waals surface area contributed by atoms with Crippen LogP contribution in [0.2, 0.25) is 0 Å². The van der Waals surface area contributed by atoms with Gasteiger partial charge in [-0.3, -0.25) is 0 Å². The van der Waals surface area contributed by atoms with Crippen molar-refractivity contribution in [1.29, 1.82) is 0 Å². The fraction of sp³-hybridized carbons (Fsp3) is 0.733. The molecule has 2 atom stereocenters. The van der Waals surface area contributed by atoms with Crippen LogP contribution in [0.25, 0.3) is 0 Å². The Morgan fingerprint density at radius 2 is 2.30 bits per heavy atom. The van der Waals surface area contributed by atoms with Crippen LogP contribution in [0.5, 0.6) is 0 Å². The summed E-state index contributed by atoms with van der Waals surface area (Å²) in [5, 5.41) is 12.1. The van der Waals surface area contributed by atoms with Crippen LogP contribution in [0.15, 0.2) is 12.1 Å². The van der Waals surface area contributed by atoms with E-state index in [4.69, 9.17) is 4.74 Å². The van der Waals surface area contributed by atoms with Gasteiger partial charge in [0, 0.05) is 13.1 Å². The van der Waals surface area contributed by atoms with Gasteiger partial charge >= 0.3 is 0 Å². The molecule has 0 radical (unpaired) electrons. The summed E-state index contributed by atoms with van der Waals surface area (Å²) >= 11 is 0. The molecule has 5 heteroatoms. The normalized spacial score (nSPS) is 25.8. The molecule has 1 N–H and O–H groups in total. The number of aromatic nitrogens is 2. The van der Waals surface area contributed by atoms with Crippen molar-refractivity contribution in [2.24, 2.45) is 0 Å². The van der Waals surface area contributed by atoms with E-state index in [1.165, 1.54) is 19.3 Å². The molecule has 0 bridgehead atoms. The molecule has 2 heterocycles. The van der Waals surface area contributed by atoms with Gasteiger partial charge in [0.05, 0.1) is 24.4 Å². The number of hydrogen-bond acceptors (Lipinski definition) is 5. The molecule has 1 aliphatic heterocycles. The maximum atomic E-state index is 5.84. The predicted octanol–water partition coefficient (Wildman–Crippen LogP) is 1.73. The first-order valence-corrected chi connectivity index (χ1v) is 7.80. The number of anilines is 1. The third-order valence-corrected chi connectivity index (χ3v) is 4.21. The summed E-state index contributed by atoms with van der Waals surface area (Å²) < 4.78 is 5.84. The van der Waals surface area contributed by atoms with Crippen LogP contribution < -0.4 is 10.2 Å². The Morgan fingerprint density at radius 1 is 1.35 bits per heavy atom. The van der Waals surface area contributed by atoms with Crippen molar-refractivity contribution >= 4 is 5.82 Å². The minimum atomic E-state index is 0.399. The molecular weight excluding hydrogens is 252 g/mol. The van der Waals surface area contributed by atoms with Crippen molar-refractivity contribution in [2.45, 2.75) is 51.3 Å². The molecule has 110 valence electrons. The van der Waals surface area contributed by atoms with Gasteiger partial charge < -0.3 is 15.0 Å². The fourth-order valence-electron chi connectivity index (χ4n) is 3.20. The van der Waals surface area contributed by atoms with E-state index in [9.17, 15) is 0 Å². The minimum absolute atomic E-state index is 0.399. The highest BCUT2D eigenvalue weighted by molar-refractivity contribution is 5.40. The summed E-state index contributed by atoms with van der Waals surface area (Å²) in [4.78, 5) is 2.39. The number of nitrogens with one attached hydrogen (secondary N) is 1. The number of hydrogen-bond donors (Lipinski definition) is 1. The Bertz CT molecular complexity index is 422. The molecule has 2 aliphatic rings. The minimum Gasteiger partial charge on any atom is -0.374 e. The number of nitrogens with zero attached hydrogens (tertiary/aromatic N) is 3. The summed E-state index contributed by atoms with van der Waals surface area (Å²) in [7, 11) is 0. The van der Waals surface area contributed by atoms with Crippen LogP contribution in [0.4, 0.5) is 5.82 Å². The van der Waals surface area contributed by atoms with Gasteiger partial charge in [0.1, 0.15) is 0 Å². The molecule has 2 unspecified atom stereocenters. The zero-order valence-electron chi connectivity index (χ0n) is 12.2. The Hall–Kier alpha value is -1.20. The molecule has 1 aromatic heterocycles. The average Bonchev–Trinajstić information content (AvgIpc) is 2.97. The summed E-state index contributed by atoms with van der Waals surface area (Å²) in [5.74, 6) is 1.00. The lowest BCUT2D eigenvalue weighted by Gasteiger charge is -2.38. The Morgan fingerprint density at radius 3 is 3.10 bits per heavy atom. The van der Waals surface area contributed by atoms with Crippen LogP contribution in [-0.4, -0.2) is 42.0 Å². The third kappa shape index (κ3) is 2.94. The average molecular weight is 276 g/mol. The van der Waals surface area contributed by atoms with Gasteiger partial charge in [-0.25, -0.2) is 0 Å². The van der Waals surface area contributed by atoms with Crippen molar-refractivity contribution in [1.82, 2.24) is 15.5 Å². The van der Waals surface area contributed by atoms with Gasteiger partial charge in [0.15, 0.2) is 5.82 Å². The summed E-state index contributed by atoms with van der Waals surface area (Å²) in [6.07, 6.45) is 5.21. The molecular formula is C15H24N4O. The lowest BCUT2D eigenvalue weighted by molar-refractivity contribution is 0.0252. The monoisotopic (exact) mass is 276 g/mol. The highest BCUT2D eigenvalue weighted by Crippen LogP contribution is 2.31. The van der Waals surface area contributed by atoms with Gasteiger partial charge in [-0.15, -0.1) is 5.10 Å². The summed E-state index contributed by atoms with van der Waals surface area (Å²) in [6, 6.07) is 4.70. The van der Waals surface area contributed by atoms with E-state index < -0.39 is 0 Å². The predicted molar refractivity (Wildman–Crippen MR) is 78.8 cm³/mol. The maximum Gasteiger partial charge on any atom is 0.151 e. The highest BCUT2D eigenvalue weighted by atomic mass is 16.5. The van der Waals surface area contributed by atoms with E-state index in [2.05, 4.69) is 39.5 Å². The van der Waals surface area contributed by atoms with Crippen molar-refractivity contribution in [3.8, 4) is 0 Å². The molecule has 1 saturated carbocycles. The number of morpholine rings is 1. The molecule has 1 aliphatic carbocycles. The standard InChI is InChI=1S/C15H24N4O/c1-2-8-16-11-12-6-7-15(18-17-12)19-9-10-20-14-5-3-4-13(14)19/h6-7,13-14,16H,2-5,8-11H2,1H3. The first-order chi connectivity index (χ1) is 9.88. The zero-order chi connectivity index (χ0) is 13.8. The molecule has 5 nitrogen and oxygen atoms in total. The Kier molecular flexibility index (Phi) is 4.47. The van der Waals surface area contributed by atoms with Gasteiger partial charge in [-0.1, -0.05) is 6.92 Å². The quantitative estimate of drug-likeness (QED) is 0.830. The Labute approximate surface area is 120 Å². The maximum absolute atomic E-state index is 5.84. The van der Waals surface area contributed by atoms with E-state index in [0.717, 1.165) is 44.2 Å². The lowest BCUT2D eigenvalue weighted by atomic mass is 10.1.